The maximum atomic E-state index is 6.14. The normalized spacial score (nSPS) is 17.8. The first-order valence-corrected chi connectivity index (χ1v) is 8.46. The molecule has 24 heavy (non-hydrogen) atoms. The highest BCUT2D eigenvalue weighted by molar-refractivity contribution is 6.07. The average Bonchev–Trinajstić information content (AvgIpc) is 2.59. The number of rotatable bonds is 2. The van der Waals surface area contributed by atoms with E-state index in [1.165, 1.54) is 27.8 Å². The monoisotopic (exact) mass is 318 g/mol. The minimum atomic E-state index is -0.311. The van der Waals surface area contributed by atoms with Crippen molar-refractivity contribution in [2.24, 2.45) is 0 Å². The van der Waals surface area contributed by atoms with Crippen molar-refractivity contribution >= 4 is 11.1 Å². The quantitative estimate of drug-likeness (QED) is 0.750. The fraction of sp³-hybridized carbons (Fsp3) is 0.273. The predicted octanol–water partition coefficient (Wildman–Crippen LogP) is 5.28. The summed E-state index contributed by atoms with van der Waals surface area (Å²) in [7, 11) is 1.72. The minimum Gasteiger partial charge on any atom is -0.497 e. The van der Waals surface area contributed by atoms with Crippen molar-refractivity contribution in [3.63, 3.8) is 0 Å². The van der Waals surface area contributed by atoms with Gasteiger partial charge in [0.15, 0.2) is 0 Å². The van der Waals surface area contributed by atoms with Crippen molar-refractivity contribution < 1.29 is 9.47 Å². The molecule has 1 aliphatic heterocycles. The largest absolute Gasteiger partial charge is 0.497 e. The Balaban J connectivity index is 1.87. The van der Waals surface area contributed by atoms with Crippen molar-refractivity contribution in [2.45, 2.75) is 32.3 Å². The first-order chi connectivity index (χ1) is 11.6. The second kappa shape index (κ2) is 5.55. The van der Waals surface area contributed by atoms with Crippen LogP contribution in [0.25, 0.3) is 11.1 Å². The fourth-order valence-electron chi connectivity index (χ4n) is 3.64. The van der Waals surface area contributed by atoms with Crippen LogP contribution < -0.4 is 9.47 Å². The summed E-state index contributed by atoms with van der Waals surface area (Å²) >= 11 is 0. The molecule has 0 atom stereocenters. The summed E-state index contributed by atoms with van der Waals surface area (Å²) in [6.45, 7) is 4.22. The summed E-state index contributed by atoms with van der Waals surface area (Å²) in [4.78, 5) is 0. The zero-order chi connectivity index (χ0) is 16.7. The van der Waals surface area contributed by atoms with E-state index in [4.69, 9.17) is 9.47 Å². The molecular formula is C22H22O2. The number of allylic oxidation sites excluding steroid dienone is 3. The topological polar surface area (TPSA) is 18.5 Å². The van der Waals surface area contributed by atoms with E-state index in [-0.39, 0.29) is 5.60 Å². The minimum absolute atomic E-state index is 0.311. The average molecular weight is 318 g/mol. The molecule has 2 aromatic rings. The lowest BCUT2D eigenvalue weighted by molar-refractivity contribution is 0.158. The number of hydrogen-bond acceptors (Lipinski definition) is 2. The lowest BCUT2D eigenvalue weighted by atomic mass is 9.81. The van der Waals surface area contributed by atoms with Gasteiger partial charge in [0.05, 0.1) is 7.11 Å². The molecule has 2 aromatic carbocycles. The molecule has 1 aliphatic carbocycles. The summed E-state index contributed by atoms with van der Waals surface area (Å²) < 4.78 is 11.5. The molecule has 4 rings (SSSR count). The van der Waals surface area contributed by atoms with Crippen molar-refractivity contribution in [3.05, 3.63) is 71.3 Å². The van der Waals surface area contributed by atoms with Crippen LogP contribution in [0.15, 0.2) is 54.6 Å². The zero-order valence-corrected chi connectivity index (χ0v) is 14.4. The Morgan fingerprint density at radius 1 is 1.00 bits per heavy atom. The van der Waals surface area contributed by atoms with E-state index >= 15 is 0 Å². The first kappa shape index (κ1) is 15.1. The van der Waals surface area contributed by atoms with Gasteiger partial charge in [-0.2, -0.15) is 0 Å². The van der Waals surface area contributed by atoms with E-state index in [0.29, 0.717) is 0 Å². The SMILES string of the molecule is COc1ccc2c(c1)CCC=C2C1=CC(C)(C)Oc2ccccc21. The summed E-state index contributed by atoms with van der Waals surface area (Å²) in [6, 6.07) is 14.7. The Kier molecular flexibility index (Phi) is 3.49. The molecule has 0 unspecified atom stereocenters. The number of fused-ring (bicyclic) bond motifs is 2. The van der Waals surface area contributed by atoms with Gasteiger partial charge in [-0.1, -0.05) is 30.3 Å². The molecule has 1 heterocycles. The first-order valence-electron chi connectivity index (χ1n) is 8.46. The van der Waals surface area contributed by atoms with Crippen molar-refractivity contribution in [3.8, 4) is 11.5 Å². The lowest BCUT2D eigenvalue weighted by Crippen LogP contribution is -2.29. The van der Waals surface area contributed by atoms with Gasteiger partial charge in [0.1, 0.15) is 17.1 Å². The van der Waals surface area contributed by atoms with Gasteiger partial charge in [0.25, 0.3) is 0 Å². The highest BCUT2D eigenvalue weighted by Crippen LogP contribution is 2.45. The van der Waals surface area contributed by atoms with Crippen LogP contribution >= 0.6 is 0 Å². The van der Waals surface area contributed by atoms with Gasteiger partial charge < -0.3 is 9.47 Å². The maximum Gasteiger partial charge on any atom is 0.128 e. The number of methoxy groups -OCH3 is 1. The van der Waals surface area contributed by atoms with E-state index < -0.39 is 0 Å². The summed E-state index contributed by atoms with van der Waals surface area (Å²) in [5, 5.41) is 0. The van der Waals surface area contributed by atoms with Crippen LogP contribution in [-0.4, -0.2) is 12.7 Å². The van der Waals surface area contributed by atoms with Crippen molar-refractivity contribution in [1.29, 1.82) is 0 Å². The second-order valence-electron chi connectivity index (χ2n) is 6.94. The molecule has 2 aliphatic rings. The van der Waals surface area contributed by atoms with Gasteiger partial charge >= 0.3 is 0 Å². The summed E-state index contributed by atoms with van der Waals surface area (Å²) in [5.41, 5.74) is 6.10. The Hall–Kier alpha value is -2.48. The number of benzene rings is 2. The van der Waals surface area contributed by atoms with Crippen molar-refractivity contribution in [1.82, 2.24) is 0 Å². The third-order valence-electron chi connectivity index (χ3n) is 4.70. The molecule has 0 N–H and O–H groups in total. The smallest absolute Gasteiger partial charge is 0.128 e. The molecule has 0 amide bonds. The zero-order valence-electron chi connectivity index (χ0n) is 14.4. The third-order valence-corrected chi connectivity index (χ3v) is 4.70. The Bertz CT molecular complexity index is 856. The molecule has 122 valence electrons. The maximum absolute atomic E-state index is 6.14. The molecule has 0 bridgehead atoms. The van der Waals surface area contributed by atoms with Crippen LogP contribution in [0.5, 0.6) is 11.5 Å². The van der Waals surface area contributed by atoms with Crippen LogP contribution in [-0.2, 0) is 6.42 Å². The van der Waals surface area contributed by atoms with E-state index in [2.05, 4.69) is 62.4 Å². The molecule has 0 radical (unpaired) electrons. The molecule has 2 heteroatoms. The summed E-state index contributed by atoms with van der Waals surface area (Å²) in [5.74, 6) is 1.89. The number of para-hydroxylation sites is 1. The lowest BCUT2D eigenvalue weighted by Gasteiger charge is -2.33. The Labute approximate surface area is 143 Å². The van der Waals surface area contributed by atoms with Crippen LogP contribution in [0.1, 0.15) is 37.0 Å². The van der Waals surface area contributed by atoms with Crippen LogP contribution in [0.3, 0.4) is 0 Å². The van der Waals surface area contributed by atoms with Crippen molar-refractivity contribution in [2.75, 3.05) is 7.11 Å². The highest BCUT2D eigenvalue weighted by atomic mass is 16.5. The van der Waals surface area contributed by atoms with E-state index in [1.54, 1.807) is 7.11 Å². The van der Waals surface area contributed by atoms with E-state index in [1.807, 2.05) is 6.07 Å². The fourth-order valence-corrected chi connectivity index (χ4v) is 3.64. The van der Waals surface area contributed by atoms with Gasteiger partial charge in [-0.25, -0.2) is 0 Å². The van der Waals surface area contributed by atoms with Crippen LogP contribution in [0, 0.1) is 0 Å². The Morgan fingerprint density at radius 2 is 1.83 bits per heavy atom. The molecule has 0 saturated carbocycles. The number of hydrogen-bond donors (Lipinski definition) is 0. The molecule has 0 spiro atoms. The Morgan fingerprint density at radius 3 is 2.67 bits per heavy atom. The van der Waals surface area contributed by atoms with Gasteiger partial charge in [-0.05, 0) is 73.2 Å². The van der Waals surface area contributed by atoms with Gasteiger partial charge in [0.2, 0.25) is 0 Å². The van der Waals surface area contributed by atoms with E-state index in [0.717, 1.165) is 24.3 Å². The third kappa shape index (κ3) is 2.52. The molecule has 0 aromatic heterocycles. The van der Waals surface area contributed by atoms with E-state index in [9.17, 15) is 0 Å². The molecular weight excluding hydrogens is 296 g/mol. The van der Waals surface area contributed by atoms with Gasteiger partial charge in [0, 0.05) is 5.56 Å². The molecule has 0 fully saturated rings. The second-order valence-corrected chi connectivity index (χ2v) is 6.94. The number of ether oxygens (including phenoxy) is 2. The highest BCUT2D eigenvalue weighted by Gasteiger charge is 2.29. The summed E-state index contributed by atoms with van der Waals surface area (Å²) in [6.07, 6.45) is 6.72. The van der Waals surface area contributed by atoms with Gasteiger partial charge in [-0.3, -0.25) is 0 Å². The molecule has 2 nitrogen and oxygen atoms in total. The van der Waals surface area contributed by atoms with Crippen LogP contribution in [0.4, 0.5) is 0 Å². The molecule has 0 saturated heterocycles. The van der Waals surface area contributed by atoms with Gasteiger partial charge in [-0.15, -0.1) is 0 Å². The predicted molar refractivity (Wildman–Crippen MR) is 98.4 cm³/mol. The number of aryl methyl sites for hydroxylation is 1. The van der Waals surface area contributed by atoms with Crippen LogP contribution in [0.2, 0.25) is 0 Å². The standard InChI is InChI=1S/C22H22O2/c1-22(2)14-20(19-8-4-5-10-21(19)24-22)18-9-6-7-15-13-16(23-3)11-12-17(15)18/h4-5,8-14H,6-7H2,1-3H3.